The molecule has 1 saturated heterocycles. The van der Waals surface area contributed by atoms with Gasteiger partial charge in [-0.05, 0) is 42.8 Å². The van der Waals surface area contributed by atoms with Gasteiger partial charge in [-0.1, -0.05) is 0 Å². The third-order valence-electron chi connectivity index (χ3n) is 2.48. The van der Waals surface area contributed by atoms with E-state index in [0.29, 0.717) is 19.1 Å². The van der Waals surface area contributed by atoms with Gasteiger partial charge in [-0.3, -0.25) is 0 Å². The van der Waals surface area contributed by atoms with Gasteiger partial charge in [-0.15, -0.1) is 0 Å². The minimum atomic E-state index is -0.503. The van der Waals surface area contributed by atoms with E-state index in [1.54, 1.807) is 0 Å². The van der Waals surface area contributed by atoms with Crippen molar-refractivity contribution in [2.75, 3.05) is 13.2 Å². The second-order valence-corrected chi connectivity index (χ2v) is 5.33. The van der Waals surface area contributed by atoms with E-state index in [1.807, 2.05) is 32.9 Å². The maximum atomic E-state index is 5.64. The van der Waals surface area contributed by atoms with Gasteiger partial charge in [0.25, 0.3) is 0 Å². The second-order valence-electron chi connectivity index (χ2n) is 4.48. The Balaban J connectivity index is 1.88. The Morgan fingerprint density at radius 3 is 2.88 bits per heavy atom. The molecule has 4 nitrogen and oxygen atoms in total. The van der Waals surface area contributed by atoms with Crippen molar-refractivity contribution in [3.8, 4) is 5.88 Å². The lowest BCUT2D eigenvalue weighted by atomic mass is 10.4. The van der Waals surface area contributed by atoms with E-state index in [2.05, 4.69) is 20.9 Å². The summed E-state index contributed by atoms with van der Waals surface area (Å²) in [7, 11) is 0. The average Bonchev–Trinajstić information content (AvgIpc) is 2.60. The van der Waals surface area contributed by atoms with Gasteiger partial charge >= 0.3 is 0 Å². The molecule has 17 heavy (non-hydrogen) atoms. The Bertz CT molecular complexity index is 409. The van der Waals surface area contributed by atoms with Gasteiger partial charge in [0.2, 0.25) is 5.88 Å². The van der Waals surface area contributed by atoms with E-state index >= 15 is 0 Å². The normalized spacial score (nSPS) is 22.7. The molecule has 0 amide bonds. The first-order chi connectivity index (χ1) is 7.96. The minimum Gasteiger partial charge on any atom is -0.475 e. The Morgan fingerprint density at radius 2 is 2.29 bits per heavy atom. The molecular formula is C12H16BrNO3. The van der Waals surface area contributed by atoms with Crippen LogP contribution in [0.2, 0.25) is 0 Å². The quantitative estimate of drug-likeness (QED) is 0.861. The highest BCUT2D eigenvalue weighted by molar-refractivity contribution is 9.10. The molecule has 1 fully saturated rings. The Labute approximate surface area is 109 Å². The SMILES string of the molecule is Cc1nc(OC[C@H]2COC(C)(C)O2)ccc1Br. The molecule has 0 radical (unpaired) electrons. The lowest BCUT2D eigenvalue weighted by Gasteiger charge is -2.17. The molecule has 0 saturated carbocycles. The molecule has 1 aromatic heterocycles. The van der Waals surface area contributed by atoms with Crippen LogP contribution < -0.4 is 4.74 Å². The fourth-order valence-corrected chi connectivity index (χ4v) is 1.85. The van der Waals surface area contributed by atoms with Gasteiger partial charge in [-0.25, -0.2) is 4.98 Å². The van der Waals surface area contributed by atoms with Gasteiger partial charge in [0.05, 0.1) is 12.3 Å². The number of ether oxygens (including phenoxy) is 3. The molecule has 0 N–H and O–H groups in total. The van der Waals surface area contributed by atoms with E-state index in [9.17, 15) is 0 Å². The van der Waals surface area contributed by atoms with Crippen LogP contribution in [0.5, 0.6) is 5.88 Å². The summed E-state index contributed by atoms with van der Waals surface area (Å²) < 4.78 is 17.7. The van der Waals surface area contributed by atoms with E-state index in [1.165, 1.54) is 0 Å². The molecule has 0 aliphatic carbocycles. The Morgan fingerprint density at radius 1 is 1.53 bits per heavy atom. The van der Waals surface area contributed by atoms with Crippen molar-refractivity contribution in [3.63, 3.8) is 0 Å². The highest BCUT2D eigenvalue weighted by Crippen LogP contribution is 2.23. The molecule has 0 bridgehead atoms. The Hall–Kier alpha value is -0.650. The highest BCUT2D eigenvalue weighted by Gasteiger charge is 2.32. The number of nitrogens with zero attached hydrogens (tertiary/aromatic N) is 1. The first-order valence-corrected chi connectivity index (χ1v) is 6.33. The zero-order valence-electron chi connectivity index (χ0n) is 10.2. The van der Waals surface area contributed by atoms with Gasteiger partial charge in [0.1, 0.15) is 12.7 Å². The summed E-state index contributed by atoms with van der Waals surface area (Å²) in [5, 5.41) is 0. The molecule has 1 aliphatic rings. The lowest BCUT2D eigenvalue weighted by Crippen LogP contribution is -2.25. The average molecular weight is 302 g/mol. The maximum absolute atomic E-state index is 5.64. The molecule has 94 valence electrons. The van der Waals surface area contributed by atoms with Crippen LogP contribution in [0.25, 0.3) is 0 Å². The molecule has 2 rings (SSSR count). The number of aromatic nitrogens is 1. The van der Waals surface area contributed by atoms with Gasteiger partial charge < -0.3 is 14.2 Å². The number of aryl methyl sites for hydroxylation is 1. The smallest absolute Gasteiger partial charge is 0.213 e. The summed E-state index contributed by atoms with van der Waals surface area (Å²) in [6.45, 7) is 6.74. The minimum absolute atomic E-state index is 0.0317. The van der Waals surface area contributed by atoms with Crippen LogP contribution in [-0.2, 0) is 9.47 Å². The van der Waals surface area contributed by atoms with Crippen LogP contribution >= 0.6 is 15.9 Å². The van der Waals surface area contributed by atoms with E-state index in [-0.39, 0.29) is 6.10 Å². The molecule has 1 aliphatic heterocycles. The predicted octanol–water partition coefficient (Wildman–Crippen LogP) is 2.68. The fourth-order valence-electron chi connectivity index (χ4n) is 1.62. The first kappa shape index (κ1) is 12.8. The number of halogens is 1. The summed E-state index contributed by atoms with van der Waals surface area (Å²) in [5.41, 5.74) is 0.909. The van der Waals surface area contributed by atoms with Crippen LogP contribution in [0.4, 0.5) is 0 Å². The first-order valence-electron chi connectivity index (χ1n) is 5.54. The van der Waals surface area contributed by atoms with Crippen LogP contribution in [0.3, 0.4) is 0 Å². The predicted molar refractivity (Wildman–Crippen MR) is 67.1 cm³/mol. The van der Waals surface area contributed by atoms with Gasteiger partial charge in [0.15, 0.2) is 5.79 Å². The molecule has 0 aromatic carbocycles. The second kappa shape index (κ2) is 4.92. The summed E-state index contributed by atoms with van der Waals surface area (Å²) in [6.07, 6.45) is -0.0317. The lowest BCUT2D eigenvalue weighted by molar-refractivity contribution is -0.141. The monoisotopic (exact) mass is 301 g/mol. The van der Waals surface area contributed by atoms with Crippen LogP contribution in [-0.4, -0.2) is 30.1 Å². The van der Waals surface area contributed by atoms with E-state index < -0.39 is 5.79 Å². The standard InChI is InChI=1S/C12H16BrNO3/c1-8-10(13)4-5-11(14-8)15-6-9-7-16-12(2,3)17-9/h4-5,9H,6-7H2,1-3H3/t9-/m0/s1. The Kier molecular flexibility index (Phi) is 3.70. The zero-order chi connectivity index (χ0) is 12.5. The van der Waals surface area contributed by atoms with Crippen LogP contribution in [0.15, 0.2) is 16.6 Å². The molecule has 5 heteroatoms. The van der Waals surface area contributed by atoms with Crippen molar-refractivity contribution in [1.82, 2.24) is 4.98 Å². The van der Waals surface area contributed by atoms with Crippen molar-refractivity contribution >= 4 is 15.9 Å². The number of rotatable bonds is 3. The topological polar surface area (TPSA) is 40.6 Å². The van der Waals surface area contributed by atoms with Crippen molar-refractivity contribution in [2.24, 2.45) is 0 Å². The van der Waals surface area contributed by atoms with E-state index in [0.717, 1.165) is 10.2 Å². The fraction of sp³-hybridized carbons (Fsp3) is 0.583. The third-order valence-corrected chi connectivity index (χ3v) is 3.32. The molecule has 0 spiro atoms. The third kappa shape index (κ3) is 3.40. The van der Waals surface area contributed by atoms with E-state index in [4.69, 9.17) is 14.2 Å². The van der Waals surface area contributed by atoms with Crippen molar-refractivity contribution < 1.29 is 14.2 Å². The summed E-state index contributed by atoms with van der Waals surface area (Å²) in [5.74, 6) is 0.107. The van der Waals surface area contributed by atoms with Crippen molar-refractivity contribution in [1.29, 1.82) is 0 Å². The van der Waals surface area contributed by atoms with Crippen molar-refractivity contribution in [3.05, 3.63) is 22.3 Å². The summed E-state index contributed by atoms with van der Waals surface area (Å²) in [4.78, 5) is 4.30. The number of pyridine rings is 1. The van der Waals surface area contributed by atoms with Crippen LogP contribution in [0, 0.1) is 6.92 Å². The summed E-state index contributed by atoms with van der Waals surface area (Å²) >= 11 is 3.40. The maximum Gasteiger partial charge on any atom is 0.213 e. The molecule has 2 heterocycles. The number of hydrogen-bond acceptors (Lipinski definition) is 4. The van der Waals surface area contributed by atoms with Crippen molar-refractivity contribution in [2.45, 2.75) is 32.7 Å². The molecular weight excluding hydrogens is 286 g/mol. The van der Waals surface area contributed by atoms with Crippen LogP contribution in [0.1, 0.15) is 19.5 Å². The molecule has 1 atom stereocenters. The number of hydrogen-bond donors (Lipinski definition) is 0. The molecule has 1 aromatic rings. The van der Waals surface area contributed by atoms with Gasteiger partial charge in [-0.2, -0.15) is 0 Å². The van der Waals surface area contributed by atoms with Gasteiger partial charge in [0, 0.05) is 10.5 Å². The largest absolute Gasteiger partial charge is 0.475 e. The zero-order valence-corrected chi connectivity index (χ0v) is 11.8. The highest BCUT2D eigenvalue weighted by atomic mass is 79.9. The molecule has 0 unspecified atom stereocenters. The summed E-state index contributed by atoms with van der Waals surface area (Å²) in [6, 6.07) is 3.76.